The van der Waals surface area contributed by atoms with Gasteiger partial charge >= 0.3 is 5.97 Å². The summed E-state index contributed by atoms with van der Waals surface area (Å²) in [6.45, 7) is 7.43. The first kappa shape index (κ1) is 11.6. The zero-order valence-corrected chi connectivity index (χ0v) is 10.5. The largest absolute Gasteiger partial charge is 0.456 e. The Balaban J connectivity index is 2.33. The van der Waals surface area contributed by atoms with Crippen LogP contribution in [0.3, 0.4) is 0 Å². The highest BCUT2D eigenvalue weighted by Crippen LogP contribution is 2.17. The van der Waals surface area contributed by atoms with Crippen molar-refractivity contribution in [3.63, 3.8) is 0 Å². The average molecular weight is 232 g/mol. The van der Waals surface area contributed by atoms with Crippen molar-refractivity contribution in [3.05, 3.63) is 29.6 Å². The Hall–Kier alpha value is -1.84. The number of hydrogen-bond acceptors (Lipinski definition) is 3. The van der Waals surface area contributed by atoms with Crippen molar-refractivity contribution >= 4 is 17.0 Å². The number of ether oxygens (including phenoxy) is 1. The van der Waals surface area contributed by atoms with Gasteiger partial charge in [-0.25, -0.2) is 9.78 Å². The quantitative estimate of drug-likeness (QED) is 0.769. The molecule has 0 saturated heterocycles. The maximum Gasteiger partial charge on any atom is 0.338 e. The van der Waals surface area contributed by atoms with Crippen LogP contribution in [0.15, 0.2) is 18.2 Å². The number of hydrogen-bond donors (Lipinski definition) is 1. The Bertz CT molecular complexity index is 564. The van der Waals surface area contributed by atoms with Crippen molar-refractivity contribution in [2.45, 2.75) is 33.3 Å². The zero-order chi connectivity index (χ0) is 12.6. The van der Waals surface area contributed by atoms with Gasteiger partial charge in [0.1, 0.15) is 11.4 Å². The van der Waals surface area contributed by atoms with Crippen LogP contribution in [0.5, 0.6) is 0 Å². The normalized spacial score (nSPS) is 11.8. The van der Waals surface area contributed by atoms with Gasteiger partial charge in [-0.2, -0.15) is 0 Å². The summed E-state index contributed by atoms with van der Waals surface area (Å²) in [6.07, 6.45) is 0. The predicted molar refractivity (Wildman–Crippen MR) is 66.0 cm³/mol. The third-order valence-electron chi connectivity index (χ3n) is 2.24. The van der Waals surface area contributed by atoms with Crippen LogP contribution in [-0.4, -0.2) is 21.5 Å². The Kier molecular flexibility index (Phi) is 2.65. The molecular formula is C13H16N2O2. The molecule has 0 amide bonds. The third kappa shape index (κ3) is 2.64. The summed E-state index contributed by atoms with van der Waals surface area (Å²) in [5, 5.41) is 0. The van der Waals surface area contributed by atoms with E-state index in [0.717, 1.165) is 16.9 Å². The number of aryl methyl sites for hydroxylation is 1. The second-order valence-electron chi connectivity index (χ2n) is 5.06. The highest BCUT2D eigenvalue weighted by atomic mass is 16.6. The maximum atomic E-state index is 11.9. The Morgan fingerprint density at radius 1 is 1.35 bits per heavy atom. The number of carbonyl (C=O) groups excluding carboxylic acids is 1. The fourth-order valence-corrected chi connectivity index (χ4v) is 1.60. The summed E-state index contributed by atoms with van der Waals surface area (Å²) >= 11 is 0. The van der Waals surface area contributed by atoms with Gasteiger partial charge in [-0.05, 0) is 45.9 Å². The minimum atomic E-state index is -0.479. The lowest BCUT2D eigenvalue weighted by molar-refractivity contribution is 0.00697. The predicted octanol–water partition coefficient (Wildman–Crippen LogP) is 2.83. The molecule has 2 rings (SSSR count). The lowest BCUT2D eigenvalue weighted by Gasteiger charge is -2.19. The molecule has 0 fully saturated rings. The van der Waals surface area contributed by atoms with Crippen LogP contribution in [0, 0.1) is 6.92 Å². The van der Waals surface area contributed by atoms with Gasteiger partial charge in [0.15, 0.2) is 0 Å². The summed E-state index contributed by atoms with van der Waals surface area (Å²) in [5.74, 6) is 0.515. The van der Waals surface area contributed by atoms with Crippen LogP contribution >= 0.6 is 0 Å². The van der Waals surface area contributed by atoms with Crippen LogP contribution in [-0.2, 0) is 4.74 Å². The van der Waals surface area contributed by atoms with Gasteiger partial charge in [0, 0.05) is 0 Å². The molecule has 0 bridgehead atoms. The van der Waals surface area contributed by atoms with Gasteiger partial charge in [0.25, 0.3) is 0 Å². The van der Waals surface area contributed by atoms with E-state index in [2.05, 4.69) is 9.97 Å². The molecule has 0 aliphatic heterocycles. The molecule has 0 aliphatic carbocycles. The van der Waals surface area contributed by atoms with E-state index in [1.165, 1.54) is 0 Å². The number of H-pyrrole nitrogens is 1. The third-order valence-corrected chi connectivity index (χ3v) is 2.24. The molecule has 0 atom stereocenters. The van der Waals surface area contributed by atoms with Crippen LogP contribution in [0.1, 0.15) is 37.0 Å². The lowest BCUT2D eigenvalue weighted by Crippen LogP contribution is -2.23. The highest BCUT2D eigenvalue weighted by Gasteiger charge is 2.18. The number of rotatable bonds is 1. The monoisotopic (exact) mass is 232 g/mol. The smallest absolute Gasteiger partial charge is 0.338 e. The summed E-state index contributed by atoms with van der Waals surface area (Å²) in [4.78, 5) is 19.2. The van der Waals surface area contributed by atoms with Crippen LogP contribution < -0.4 is 0 Å². The van der Waals surface area contributed by atoms with Gasteiger partial charge < -0.3 is 9.72 Å². The number of aromatic nitrogens is 2. The van der Waals surface area contributed by atoms with Crippen molar-refractivity contribution in [2.75, 3.05) is 0 Å². The molecule has 0 spiro atoms. The van der Waals surface area contributed by atoms with Crippen LogP contribution in [0.2, 0.25) is 0 Å². The topological polar surface area (TPSA) is 55.0 Å². The second kappa shape index (κ2) is 3.87. The molecule has 1 aromatic heterocycles. The van der Waals surface area contributed by atoms with E-state index in [-0.39, 0.29) is 5.97 Å². The molecule has 4 nitrogen and oxygen atoms in total. The Morgan fingerprint density at radius 3 is 2.71 bits per heavy atom. The molecule has 1 N–H and O–H groups in total. The minimum absolute atomic E-state index is 0.319. The van der Waals surface area contributed by atoms with E-state index in [0.29, 0.717) is 5.56 Å². The van der Waals surface area contributed by atoms with Crippen molar-refractivity contribution < 1.29 is 9.53 Å². The average Bonchev–Trinajstić information content (AvgIpc) is 2.53. The van der Waals surface area contributed by atoms with Gasteiger partial charge in [-0.15, -0.1) is 0 Å². The van der Waals surface area contributed by atoms with E-state index in [4.69, 9.17) is 4.74 Å². The molecule has 0 radical (unpaired) electrons. The number of carbonyl (C=O) groups is 1. The molecule has 17 heavy (non-hydrogen) atoms. The lowest BCUT2D eigenvalue weighted by atomic mass is 10.1. The highest BCUT2D eigenvalue weighted by molar-refractivity contribution is 5.93. The SMILES string of the molecule is Cc1nc2cc(C(=O)OC(C)(C)C)ccc2[nH]1. The molecule has 0 saturated carbocycles. The van der Waals surface area contributed by atoms with Gasteiger partial charge in [0.2, 0.25) is 0 Å². The van der Waals surface area contributed by atoms with E-state index in [9.17, 15) is 4.79 Å². The van der Waals surface area contributed by atoms with Crippen molar-refractivity contribution in [1.82, 2.24) is 9.97 Å². The molecule has 1 aromatic carbocycles. The number of nitrogens with zero attached hydrogens (tertiary/aromatic N) is 1. The molecule has 2 aromatic rings. The standard InChI is InChI=1S/C13H16N2O2/c1-8-14-10-6-5-9(7-11(10)15-8)12(16)17-13(2,3)4/h5-7H,1-4H3,(H,14,15). The van der Waals surface area contributed by atoms with E-state index < -0.39 is 5.60 Å². The Labute approximate surface area is 100 Å². The second-order valence-corrected chi connectivity index (χ2v) is 5.06. The first-order valence-corrected chi connectivity index (χ1v) is 5.55. The molecule has 4 heteroatoms. The summed E-state index contributed by atoms with van der Waals surface area (Å²) < 4.78 is 5.30. The van der Waals surface area contributed by atoms with E-state index in [1.807, 2.05) is 33.8 Å². The fraction of sp³-hybridized carbons (Fsp3) is 0.385. The van der Waals surface area contributed by atoms with Crippen molar-refractivity contribution in [2.24, 2.45) is 0 Å². The minimum Gasteiger partial charge on any atom is -0.456 e. The van der Waals surface area contributed by atoms with Crippen molar-refractivity contribution in [1.29, 1.82) is 0 Å². The summed E-state index contributed by atoms with van der Waals surface area (Å²) in [7, 11) is 0. The van der Waals surface area contributed by atoms with E-state index >= 15 is 0 Å². The molecule has 90 valence electrons. The molecule has 0 unspecified atom stereocenters. The fourth-order valence-electron chi connectivity index (χ4n) is 1.60. The Morgan fingerprint density at radius 2 is 2.06 bits per heavy atom. The van der Waals surface area contributed by atoms with Crippen molar-refractivity contribution in [3.8, 4) is 0 Å². The van der Waals surface area contributed by atoms with Crippen LogP contribution in [0.4, 0.5) is 0 Å². The van der Waals surface area contributed by atoms with Gasteiger partial charge in [-0.3, -0.25) is 0 Å². The number of aromatic amines is 1. The summed E-state index contributed by atoms with van der Waals surface area (Å²) in [5.41, 5.74) is 1.76. The maximum absolute atomic E-state index is 11.9. The number of nitrogens with one attached hydrogen (secondary N) is 1. The van der Waals surface area contributed by atoms with Gasteiger partial charge in [-0.1, -0.05) is 0 Å². The number of fused-ring (bicyclic) bond motifs is 1. The molecule has 0 aliphatic rings. The van der Waals surface area contributed by atoms with Crippen LogP contribution in [0.25, 0.3) is 11.0 Å². The number of esters is 1. The number of imidazole rings is 1. The number of benzene rings is 1. The first-order chi connectivity index (χ1) is 7.85. The zero-order valence-electron chi connectivity index (χ0n) is 10.5. The first-order valence-electron chi connectivity index (χ1n) is 5.55. The van der Waals surface area contributed by atoms with Gasteiger partial charge in [0.05, 0.1) is 16.6 Å². The van der Waals surface area contributed by atoms with E-state index in [1.54, 1.807) is 12.1 Å². The molecule has 1 heterocycles. The molecular weight excluding hydrogens is 216 g/mol. The summed E-state index contributed by atoms with van der Waals surface area (Å²) in [6, 6.07) is 5.33.